The van der Waals surface area contributed by atoms with Gasteiger partial charge in [0.1, 0.15) is 0 Å². The third-order valence-electron chi connectivity index (χ3n) is 4.13. The van der Waals surface area contributed by atoms with Gasteiger partial charge in [-0.1, -0.05) is 23.9 Å². The Hall–Kier alpha value is -2.21. The van der Waals surface area contributed by atoms with E-state index in [1.54, 1.807) is 23.0 Å². The smallest absolute Gasteiger partial charge is 0.253 e. The summed E-state index contributed by atoms with van der Waals surface area (Å²) in [5.41, 5.74) is 3.49. The van der Waals surface area contributed by atoms with E-state index in [-0.39, 0.29) is 11.0 Å². The number of benzene rings is 1. The summed E-state index contributed by atoms with van der Waals surface area (Å²) in [5, 5.41) is 4.69. The van der Waals surface area contributed by atoms with E-state index in [2.05, 4.69) is 27.2 Å². The summed E-state index contributed by atoms with van der Waals surface area (Å²) in [6.07, 6.45) is 6.88. The molecule has 0 amide bonds. The minimum Gasteiger partial charge on any atom is -0.293 e. The lowest BCUT2D eigenvalue weighted by atomic mass is 10.0. The van der Waals surface area contributed by atoms with E-state index in [9.17, 15) is 4.79 Å². The van der Waals surface area contributed by atoms with E-state index in [1.807, 2.05) is 13.0 Å². The van der Waals surface area contributed by atoms with Gasteiger partial charge in [0.25, 0.3) is 5.78 Å². The van der Waals surface area contributed by atoms with Crippen molar-refractivity contribution in [3.8, 4) is 0 Å². The molecule has 0 saturated carbocycles. The quantitative estimate of drug-likeness (QED) is 0.545. The molecule has 1 atom stereocenters. The van der Waals surface area contributed by atoms with Crippen LogP contribution in [0, 0.1) is 0 Å². The number of fused-ring (bicyclic) bond motifs is 2. The van der Waals surface area contributed by atoms with Gasteiger partial charge in [0.15, 0.2) is 5.78 Å². The molecule has 23 heavy (non-hydrogen) atoms. The number of rotatable bonds is 4. The monoisotopic (exact) mass is 324 g/mol. The molecule has 2 aromatic heterocycles. The minimum absolute atomic E-state index is 0.122. The molecule has 0 aliphatic heterocycles. The second kappa shape index (κ2) is 5.77. The molecule has 0 bridgehead atoms. The van der Waals surface area contributed by atoms with Gasteiger partial charge >= 0.3 is 0 Å². The number of nitrogens with zero attached hydrogens (tertiary/aromatic N) is 4. The van der Waals surface area contributed by atoms with Crippen molar-refractivity contribution in [2.75, 3.05) is 0 Å². The molecule has 3 aromatic rings. The fourth-order valence-electron chi connectivity index (χ4n) is 2.94. The van der Waals surface area contributed by atoms with Gasteiger partial charge in [-0.25, -0.2) is 9.50 Å². The number of hydrogen-bond donors (Lipinski definition) is 0. The molecule has 4 rings (SSSR count). The molecule has 0 N–H and O–H groups in total. The average Bonchev–Trinajstić information content (AvgIpc) is 3.18. The number of carbonyl (C=O) groups excluding carboxylic acids is 1. The van der Waals surface area contributed by atoms with E-state index in [4.69, 9.17) is 0 Å². The normalized spacial score (nSPS) is 14.8. The highest BCUT2D eigenvalue weighted by molar-refractivity contribution is 8.00. The highest BCUT2D eigenvalue weighted by atomic mass is 32.2. The first-order valence-corrected chi connectivity index (χ1v) is 8.59. The minimum atomic E-state index is -0.230. The Balaban J connectivity index is 1.54. The molecule has 2 heterocycles. The number of thioether (sulfide) groups is 1. The summed E-state index contributed by atoms with van der Waals surface area (Å²) in [6.45, 7) is 1.90. The van der Waals surface area contributed by atoms with Crippen LogP contribution < -0.4 is 0 Å². The Morgan fingerprint density at radius 1 is 1.30 bits per heavy atom. The summed E-state index contributed by atoms with van der Waals surface area (Å²) in [7, 11) is 0. The standard InChI is InChI=1S/C17H16N4OS/c1-11(23-17-19-16-18-8-3-9-21(16)20-17)15(22)14-7-6-12-4-2-5-13(12)10-14/h3,6-11H,2,4-5H2,1H3. The van der Waals surface area contributed by atoms with Gasteiger partial charge in [0.2, 0.25) is 5.16 Å². The average molecular weight is 324 g/mol. The van der Waals surface area contributed by atoms with Crippen molar-refractivity contribution in [3.63, 3.8) is 0 Å². The zero-order valence-corrected chi connectivity index (χ0v) is 13.6. The molecule has 0 saturated heterocycles. The van der Waals surface area contributed by atoms with Crippen LogP contribution in [-0.2, 0) is 12.8 Å². The number of carbonyl (C=O) groups is 1. The molecular weight excluding hydrogens is 308 g/mol. The summed E-state index contributed by atoms with van der Waals surface area (Å²) >= 11 is 1.37. The maximum absolute atomic E-state index is 12.7. The summed E-state index contributed by atoms with van der Waals surface area (Å²) in [6, 6.07) is 7.90. The Labute approximate surface area is 138 Å². The molecular formula is C17H16N4OS. The first-order valence-electron chi connectivity index (χ1n) is 7.71. The number of ketones is 1. The second-order valence-corrected chi connectivity index (χ2v) is 7.03. The molecule has 5 nitrogen and oxygen atoms in total. The first kappa shape index (κ1) is 14.4. The van der Waals surface area contributed by atoms with Crippen LogP contribution in [0.5, 0.6) is 0 Å². The van der Waals surface area contributed by atoms with Crippen LogP contribution in [0.1, 0.15) is 34.8 Å². The molecule has 1 aliphatic carbocycles. The third kappa shape index (κ3) is 2.74. The first-order chi connectivity index (χ1) is 11.2. The summed E-state index contributed by atoms with van der Waals surface area (Å²) < 4.78 is 1.62. The predicted molar refractivity (Wildman–Crippen MR) is 88.9 cm³/mol. The van der Waals surface area contributed by atoms with Gasteiger partial charge in [0, 0.05) is 18.0 Å². The van der Waals surface area contributed by atoms with Crippen molar-refractivity contribution in [1.29, 1.82) is 0 Å². The van der Waals surface area contributed by atoms with Crippen LogP contribution >= 0.6 is 11.8 Å². The lowest BCUT2D eigenvalue weighted by molar-refractivity contribution is 0.0994. The maximum Gasteiger partial charge on any atom is 0.253 e. The van der Waals surface area contributed by atoms with Crippen LogP contribution in [-0.4, -0.2) is 30.6 Å². The molecule has 0 spiro atoms. The molecule has 1 unspecified atom stereocenters. The molecule has 1 aromatic carbocycles. The molecule has 116 valence electrons. The maximum atomic E-state index is 12.7. The van der Waals surface area contributed by atoms with Gasteiger partial charge in [-0.3, -0.25) is 4.79 Å². The lowest BCUT2D eigenvalue weighted by Crippen LogP contribution is -2.14. The zero-order chi connectivity index (χ0) is 15.8. The number of hydrogen-bond acceptors (Lipinski definition) is 5. The van der Waals surface area contributed by atoms with Crippen molar-refractivity contribution >= 4 is 23.3 Å². The number of Topliss-reactive ketones (excluding diaryl/α,β-unsaturated/α-hetero) is 1. The summed E-state index contributed by atoms with van der Waals surface area (Å²) in [5.74, 6) is 0.670. The SMILES string of the molecule is CC(Sc1nc2ncccn2n1)C(=O)c1ccc2c(c1)CCC2. The van der Waals surface area contributed by atoms with Gasteiger partial charge in [0.05, 0.1) is 5.25 Å². The Morgan fingerprint density at radius 2 is 2.17 bits per heavy atom. The van der Waals surface area contributed by atoms with E-state index >= 15 is 0 Å². The van der Waals surface area contributed by atoms with Gasteiger partial charge in [-0.05, 0) is 49.4 Å². The van der Waals surface area contributed by atoms with Crippen molar-refractivity contribution in [2.24, 2.45) is 0 Å². The topological polar surface area (TPSA) is 60.1 Å². The van der Waals surface area contributed by atoms with E-state index in [0.717, 1.165) is 18.4 Å². The predicted octanol–water partition coefficient (Wildman–Crippen LogP) is 2.98. The Kier molecular flexibility index (Phi) is 3.61. The largest absolute Gasteiger partial charge is 0.293 e. The van der Waals surface area contributed by atoms with Crippen LogP contribution in [0.25, 0.3) is 5.78 Å². The number of aryl methyl sites for hydroxylation is 2. The third-order valence-corrected chi connectivity index (χ3v) is 5.08. The van der Waals surface area contributed by atoms with Crippen LogP contribution in [0.4, 0.5) is 0 Å². The molecule has 1 aliphatic rings. The zero-order valence-electron chi connectivity index (χ0n) is 12.8. The Bertz CT molecular complexity index is 856. The molecule has 6 heteroatoms. The molecule has 0 radical (unpaired) electrons. The fourth-order valence-corrected chi connectivity index (χ4v) is 3.76. The van der Waals surface area contributed by atoms with E-state index in [1.165, 1.54) is 29.3 Å². The van der Waals surface area contributed by atoms with Gasteiger partial charge < -0.3 is 0 Å². The fraction of sp³-hybridized carbons (Fsp3) is 0.294. The van der Waals surface area contributed by atoms with Crippen molar-refractivity contribution in [2.45, 2.75) is 36.6 Å². The van der Waals surface area contributed by atoms with E-state index in [0.29, 0.717) is 10.9 Å². The van der Waals surface area contributed by atoms with Gasteiger partial charge in [-0.2, -0.15) is 4.98 Å². The highest BCUT2D eigenvalue weighted by Crippen LogP contribution is 2.27. The Morgan fingerprint density at radius 3 is 3.04 bits per heavy atom. The summed E-state index contributed by atoms with van der Waals surface area (Å²) in [4.78, 5) is 21.1. The van der Waals surface area contributed by atoms with Crippen LogP contribution in [0.3, 0.4) is 0 Å². The van der Waals surface area contributed by atoms with E-state index < -0.39 is 0 Å². The molecule has 0 fully saturated rings. The lowest BCUT2D eigenvalue weighted by Gasteiger charge is -2.09. The number of aromatic nitrogens is 4. The van der Waals surface area contributed by atoms with Gasteiger partial charge in [-0.15, -0.1) is 5.10 Å². The van der Waals surface area contributed by atoms with Crippen LogP contribution in [0.15, 0.2) is 41.8 Å². The second-order valence-electron chi connectivity index (χ2n) is 5.72. The van der Waals surface area contributed by atoms with Crippen molar-refractivity contribution < 1.29 is 4.79 Å². The van der Waals surface area contributed by atoms with Crippen molar-refractivity contribution in [1.82, 2.24) is 19.6 Å². The van der Waals surface area contributed by atoms with Crippen molar-refractivity contribution in [3.05, 3.63) is 53.3 Å². The van der Waals surface area contributed by atoms with Crippen LogP contribution in [0.2, 0.25) is 0 Å². The highest BCUT2D eigenvalue weighted by Gasteiger charge is 2.21.